The van der Waals surface area contributed by atoms with Crippen LogP contribution >= 0.6 is 0 Å². The maximum atomic E-state index is 5.01. The van der Waals surface area contributed by atoms with Gasteiger partial charge in [0.1, 0.15) is 0 Å². The number of ether oxygens (including phenoxy) is 1. The van der Waals surface area contributed by atoms with Gasteiger partial charge in [-0.2, -0.15) is 0 Å². The van der Waals surface area contributed by atoms with Gasteiger partial charge in [-0.05, 0) is 43.9 Å². The number of nitrogens with one attached hydrogen (secondary N) is 1. The first kappa shape index (κ1) is 12.1. The van der Waals surface area contributed by atoms with E-state index in [2.05, 4.69) is 37.4 Å². The Hall–Kier alpha value is -1.02. The Morgan fingerprint density at radius 1 is 1.20 bits per heavy atom. The van der Waals surface area contributed by atoms with Gasteiger partial charge in [-0.25, -0.2) is 0 Å². The third-order valence-electron chi connectivity index (χ3n) is 2.70. The first-order chi connectivity index (χ1) is 7.25. The molecule has 1 rings (SSSR count). The van der Waals surface area contributed by atoms with Gasteiger partial charge in [0, 0.05) is 25.9 Å². The van der Waals surface area contributed by atoms with Crippen molar-refractivity contribution in [2.75, 3.05) is 25.6 Å². The number of anilines is 1. The predicted octanol–water partition coefficient (Wildman–Crippen LogP) is 3.14. The molecular weight excluding hydrogens is 186 g/mol. The number of hydrogen-bond acceptors (Lipinski definition) is 2. The molecule has 0 aliphatic rings. The second-order valence-electron chi connectivity index (χ2n) is 3.87. The molecule has 1 aromatic carbocycles. The maximum absolute atomic E-state index is 5.01. The molecule has 0 aliphatic carbocycles. The predicted molar refractivity (Wildman–Crippen MR) is 65.5 cm³/mol. The van der Waals surface area contributed by atoms with Crippen molar-refractivity contribution in [3.63, 3.8) is 0 Å². The quantitative estimate of drug-likeness (QED) is 0.724. The van der Waals surface area contributed by atoms with Gasteiger partial charge in [-0.3, -0.25) is 0 Å². The van der Waals surface area contributed by atoms with Crippen LogP contribution in [0.2, 0.25) is 0 Å². The largest absolute Gasteiger partial charge is 0.385 e. The molecule has 2 heteroatoms. The zero-order chi connectivity index (χ0) is 11.1. The molecule has 0 saturated heterocycles. The lowest BCUT2D eigenvalue weighted by atomic mass is 10.1. The number of unbranched alkanes of at least 4 members (excludes halogenated alkanes) is 1. The van der Waals surface area contributed by atoms with Crippen LogP contribution in [-0.4, -0.2) is 20.3 Å². The van der Waals surface area contributed by atoms with Crippen LogP contribution in [0.4, 0.5) is 5.69 Å². The minimum atomic E-state index is 0.856. The SMILES string of the molecule is COCCCCNc1cccc(C)c1C. The highest BCUT2D eigenvalue weighted by Crippen LogP contribution is 2.17. The van der Waals surface area contributed by atoms with Gasteiger partial charge in [0.15, 0.2) is 0 Å². The highest BCUT2D eigenvalue weighted by Gasteiger charge is 1.98. The summed E-state index contributed by atoms with van der Waals surface area (Å²) in [5.74, 6) is 0. The van der Waals surface area contributed by atoms with Crippen LogP contribution in [0.3, 0.4) is 0 Å². The monoisotopic (exact) mass is 207 g/mol. The zero-order valence-electron chi connectivity index (χ0n) is 9.97. The molecule has 0 unspecified atom stereocenters. The van der Waals surface area contributed by atoms with E-state index in [4.69, 9.17) is 4.74 Å². The van der Waals surface area contributed by atoms with Crippen molar-refractivity contribution in [3.05, 3.63) is 29.3 Å². The topological polar surface area (TPSA) is 21.3 Å². The summed E-state index contributed by atoms with van der Waals surface area (Å²) < 4.78 is 5.01. The Balaban J connectivity index is 2.34. The van der Waals surface area contributed by atoms with Gasteiger partial charge < -0.3 is 10.1 Å². The lowest BCUT2D eigenvalue weighted by Gasteiger charge is -2.11. The molecular formula is C13H21NO. The van der Waals surface area contributed by atoms with Crippen LogP contribution in [0.25, 0.3) is 0 Å². The van der Waals surface area contributed by atoms with Crippen molar-refractivity contribution in [2.45, 2.75) is 26.7 Å². The number of benzene rings is 1. The summed E-state index contributed by atoms with van der Waals surface area (Å²) in [7, 11) is 1.75. The third kappa shape index (κ3) is 3.92. The highest BCUT2D eigenvalue weighted by atomic mass is 16.5. The van der Waals surface area contributed by atoms with Crippen LogP contribution in [0.1, 0.15) is 24.0 Å². The Bertz CT molecular complexity index is 297. The van der Waals surface area contributed by atoms with Crippen molar-refractivity contribution < 1.29 is 4.74 Å². The van der Waals surface area contributed by atoms with Crippen LogP contribution in [0, 0.1) is 13.8 Å². The Labute approximate surface area is 92.6 Å². The summed E-state index contributed by atoms with van der Waals surface area (Å²) in [6.07, 6.45) is 2.27. The lowest BCUT2D eigenvalue weighted by molar-refractivity contribution is 0.194. The van der Waals surface area contributed by atoms with Gasteiger partial charge in [0.2, 0.25) is 0 Å². The number of aryl methyl sites for hydroxylation is 1. The molecule has 15 heavy (non-hydrogen) atoms. The first-order valence-corrected chi connectivity index (χ1v) is 5.54. The minimum Gasteiger partial charge on any atom is -0.385 e. The van der Waals surface area contributed by atoms with Gasteiger partial charge >= 0.3 is 0 Å². The fourth-order valence-electron chi connectivity index (χ4n) is 1.54. The van der Waals surface area contributed by atoms with Gasteiger partial charge in [0.25, 0.3) is 0 Å². The van der Waals surface area contributed by atoms with Gasteiger partial charge in [-0.1, -0.05) is 12.1 Å². The Morgan fingerprint density at radius 3 is 2.73 bits per heavy atom. The van der Waals surface area contributed by atoms with E-state index in [0.717, 1.165) is 26.0 Å². The van der Waals surface area contributed by atoms with Crippen molar-refractivity contribution in [2.24, 2.45) is 0 Å². The molecule has 2 nitrogen and oxygen atoms in total. The summed E-state index contributed by atoms with van der Waals surface area (Å²) in [5.41, 5.74) is 3.95. The molecule has 84 valence electrons. The second kappa shape index (κ2) is 6.46. The van der Waals surface area contributed by atoms with Crippen molar-refractivity contribution >= 4 is 5.69 Å². The number of methoxy groups -OCH3 is 1. The van der Waals surface area contributed by atoms with Gasteiger partial charge in [0.05, 0.1) is 0 Å². The smallest absolute Gasteiger partial charge is 0.0462 e. The van der Waals surface area contributed by atoms with Crippen molar-refractivity contribution in [1.29, 1.82) is 0 Å². The summed E-state index contributed by atoms with van der Waals surface area (Å²) in [5, 5.41) is 3.46. The molecule has 0 saturated carbocycles. The molecule has 0 fully saturated rings. The molecule has 0 spiro atoms. The third-order valence-corrected chi connectivity index (χ3v) is 2.70. The van der Waals surface area contributed by atoms with E-state index in [0.29, 0.717) is 0 Å². The summed E-state index contributed by atoms with van der Waals surface area (Å²) in [6.45, 7) is 6.18. The van der Waals surface area contributed by atoms with E-state index >= 15 is 0 Å². The minimum absolute atomic E-state index is 0.856. The number of hydrogen-bond donors (Lipinski definition) is 1. The average Bonchev–Trinajstić information content (AvgIpc) is 2.24. The van der Waals surface area contributed by atoms with Crippen molar-refractivity contribution in [3.8, 4) is 0 Å². The summed E-state index contributed by atoms with van der Waals surface area (Å²) >= 11 is 0. The molecule has 1 N–H and O–H groups in total. The fraction of sp³-hybridized carbons (Fsp3) is 0.538. The van der Waals surface area contributed by atoms with E-state index in [-0.39, 0.29) is 0 Å². The zero-order valence-corrected chi connectivity index (χ0v) is 9.97. The molecule has 0 radical (unpaired) electrons. The standard InChI is InChI=1S/C13H21NO/c1-11-7-6-8-13(12(11)2)14-9-4-5-10-15-3/h6-8,14H,4-5,9-10H2,1-3H3. The first-order valence-electron chi connectivity index (χ1n) is 5.54. The fourth-order valence-corrected chi connectivity index (χ4v) is 1.54. The maximum Gasteiger partial charge on any atom is 0.0462 e. The molecule has 0 atom stereocenters. The lowest BCUT2D eigenvalue weighted by Crippen LogP contribution is -2.04. The number of rotatable bonds is 6. The van der Waals surface area contributed by atoms with E-state index in [9.17, 15) is 0 Å². The molecule has 1 aromatic rings. The Morgan fingerprint density at radius 2 is 2.00 bits per heavy atom. The van der Waals surface area contributed by atoms with Crippen LogP contribution in [0.5, 0.6) is 0 Å². The molecule has 0 aliphatic heterocycles. The van der Waals surface area contributed by atoms with E-state index < -0.39 is 0 Å². The highest BCUT2D eigenvalue weighted by molar-refractivity contribution is 5.53. The van der Waals surface area contributed by atoms with E-state index in [1.54, 1.807) is 7.11 Å². The summed E-state index contributed by atoms with van der Waals surface area (Å²) in [4.78, 5) is 0. The molecule has 0 heterocycles. The second-order valence-corrected chi connectivity index (χ2v) is 3.87. The van der Waals surface area contributed by atoms with Crippen molar-refractivity contribution in [1.82, 2.24) is 0 Å². The molecule has 0 amide bonds. The normalized spacial score (nSPS) is 10.3. The Kier molecular flexibility index (Phi) is 5.19. The van der Waals surface area contributed by atoms with Crippen LogP contribution in [0.15, 0.2) is 18.2 Å². The average molecular weight is 207 g/mol. The van der Waals surface area contributed by atoms with E-state index in [1.807, 2.05) is 0 Å². The summed E-state index contributed by atoms with van der Waals surface area (Å²) in [6, 6.07) is 6.38. The van der Waals surface area contributed by atoms with Crippen LogP contribution in [-0.2, 0) is 4.74 Å². The van der Waals surface area contributed by atoms with E-state index in [1.165, 1.54) is 16.8 Å². The van der Waals surface area contributed by atoms with Gasteiger partial charge in [-0.15, -0.1) is 0 Å². The molecule has 0 aromatic heterocycles. The van der Waals surface area contributed by atoms with Crippen LogP contribution < -0.4 is 5.32 Å². The molecule has 0 bridgehead atoms.